The van der Waals surface area contributed by atoms with Crippen molar-refractivity contribution >= 4 is 17.9 Å². The summed E-state index contributed by atoms with van der Waals surface area (Å²) in [4.78, 5) is 36.6. The van der Waals surface area contributed by atoms with Gasteiger partial charge < -0.3 is 0 Å². The van der Waals surface area contributed by atoms with Crippen molar-refractivity contribution in [1.82, 2.24) is 0 Å². The molecule has 0 atom stereocenters. The van der Waals surface area contributed by atoms with Crippen molar-refractivity contribution in [2.45, 2.75) is 105 Å². The molecule has 0 spiro atoms. The summed E-state index contributed by atoms with van der Waals surface area (Å²) in [6.45, 7) is 26.7. The molecule has 0 aliphatic carbocycles. The summed E-state index contributed by atoms with van der Waals surface area (Å²) >= 11 is 0. The molecule has 0 bridgehead atoms. The van der Waals surface area contributed by atoms with Gasteiger partial charge in [-0.25, -0.2) is 0 Å². The molecular formula is C40H53O3P. The molecule has 0 saturated heterocycles. The van der Waals surface area contributed by atoms with Crippen LogP contribution >= 0.6 is 7.28 Å². The number of hydrogen-bond acceptors (Lipinski definition) is 3. The molecule has 0 aromatic heterocycles. The third-order valence-electron chi connectivity index (χ3n) is 8.52. The molecular weight excluding hydrogens is 559 g/mol. The number of rotatable bonds is 4. The van der Waals surface area contributed by atoms with E-state index < -0.39 is 7.28 Å². The van der Waals surface area contributed by atoms with Gasteiger partial charge in [-0.15, -0.1) is 0 Å². The predicted octanol–water partition coefficient (Wildman–Crippen LogP) is 9.44. The summed E-state index contributed by atoms with van der Waals surface area (Å²) in [5.74, 6) is 0. The van der Waals surface area contributed by atoms with Crippen molar-refractivity contribution in [3.8, 4) is 22.3 Å². The molecule has 0 aliphatic heterocycles. The van der Waals surface area contributed by atoms with Crippen LogP contribution in [0.3, 0.4) is 0 Å². The van der Waals surface area contributed by atoms with Crippen molar-refractivity contribution in [1.29, 1.82) is 0 Å². The van der Waals surface area contributed by atoms with Gasteiger partial charge in [0, 0.05) is 0 Å². The molecule has 3 N–H and O–H groups in total. The van der Waals surface area contributed by atoms with E-state index in [1.54, 1.807) is 30.3 Å². The maximum absolute atomic E-state index is 12.2. The molecule has 44 heavy (non-hydrogen) atoms. The molecule has 0 fully saturated rings. The van der Waals surface area contributed by atoms with E-state index >= 15 is 0 Å². The average Bonchev–Trinajstić information content (AvgIpc) is 2.90. The van der Waals surface area contributed by atoms with Crippen molar-refractivity contribution < 1.29 is 14.7 Å². The Morgan fingerprint density at radius 3 is 1.27 bits per heavy atom. The minimum atomic E-state index is -5.62. The normalized spacial score (nSPS) is 14.3. The van der Waals surface area contributed by atoms with Crippen molar-refractivity contribution in [2.24, 2.45) is 0 Å². The fourth-order valence-corrected chi connectivity index (χ4v) is 8.65. The van der Waals surface area contributed by atoms with Crippen LogP contribution in [0.25, 0.3) is 22.3 Å². The zero-order chi connectivity index (χ0) is 33.1. The van der Waals surface area contributed by atoms with Crippen LogP contribution in [-0.4, -0.2) is 14.7 Å². The first-order valence-corrected chi connectivity index (χ1v) is 17.8. The Balaban J connectivity index is 2.33. The topological polar surface area (TPSA) is 60.7 Å². The first kappa shape index (κ1) is 34.1. The van der Waals surface area contributed by atoms with Gasteiger partial charge in [0.2, 0.25) is 0 Å². The third kappa shape index (κ3) is 6.31. The zero-order valence-electron chi connectivity index (χ0n) is 28.9. The van der Waals surface area contributed by atoms with E-state index in [2.05, 4.69) is 126 Å². The van der Waals surface area contributed by atoms with E-state index in [-0.39, 0.29) is 32.3 Å². The van der Waals surface area contributed by atoms with Crippen LogP contribution in [0.5, 0.6) is 0 Å². The van der Waals surface area contributed by atoms with Gasteiger partial charge in [-0.3, -0.25) is 0 Å². The second kappa shape index (κ2) is 10.9. The Hall–Kier alpha value is -2.81. The van der Waals surface area contributed by atoms with E-state index in [1.807, 2.05) is 12.1 Å². The van der Waals surface area contributed by atoms with Crippen LogP contribution in [0.15, 0.2) is 84.9 Å². The summed E-state index contributed by atoms with van der Waals surface area (Å²) in [7, 11) is -5.62. The van der Waals surface area contributed by atoms with Crippen LogP contribution in [0, 0.1) is 0 Å². The van der Waals surface area contributed by atoms with E-state index in [0.29, 0.717) is 5.56 Å². The van der Waals surface area contributed by atoms with Crippen molar-refractivity contribution in [3.63, 3.8) is 0 Å². The van der Waals surface area contributed by atoms with Gasteiger partial charge in [-0.05, 0) is 0 Å². The Labute approximate surface area is 266 Å². The first-order chi connectivity index (χ1) is 19.9. The molecule has 0 unspecified atom stereocenters. The monoisotopic (exact) mass is 612 g/mol. The standard InChI is InChI=1S/C40H53O3P/c1-37(2,3)31-24-16-22-29(35(31)39(7,8)9)28-21-18-26-33(44(41,42,43)27-19-14-13-15-20-27)34(28)30-23-17-25-32(38(4,5)6)36(30)40(10,11)12/h13-26,41-43H,1-12H3. The van der Waals surface area contributed by atoms with Crippen molar-refractivity contribution in [2.75, 3.05) is 0 Å². The van der Waals surface area contributed by atoms with Gasteiger partial charge in [-0.2, -0.15) is 0 Å². The molecule has 0 amide bonds. The molecule has 0 heterocycles. The fourth-order valence-electron chi connectivity index (χ4n) is 6.64. The summed E-state index contributed by atoms with van der Waals surface area (Å²) in [6.07, 6.45) is 0. The SMILES string of the molecule is CC(C)(C)c1cccc(-c2cccc(P(O)(O)(O)c3ccccc3)c2-c2cccc(C(C)(C)C)c2C(C)(C)C)c1C(C)(C)C. The maximum atomic E-state index is 12.2. The van der Waals surface area contributed by atoms with Gasteiger partial charge >= 0.3 is 267 Å². The summed E-state index contributed by atoms with van der Waals surface area (Å²) in [5, 5.41) is 0.262. The van der Waals surface area contributed by atoms with Crippen LogP contribution in [0.4, 0.5) is 0 Å². The van der Waals surface area contributed by atoms with Crippen LogP contribution < -0.4 is 10.6 Å². The van der Waals surface area contributed by atoms with Crippen molar-refractivity contribution in [3.05, 3.63) is 107 Å². The van der Waals surface area contributed by atoms with Gasteiger partial charge in [0.15, 0.2) is 0 Å². The minimum absolute atomic E-state index is 0.112. The Morgan fingerprint density at radius 1 is 0.409 bits per heavy atom. The molecule has 4 aromatic carbocycles. The van der Waals surface area contributed by atoms with E-state index in [9.17, 15) is 14.7 Å². The summed E-state index contributed by atoms with van der Waals surface area (Å²) < 4.78 is 0. The fraction of sp³-hybridized carbons (Fsp3) is 0.400. The van der Waals surface area contributed by atoms with Gasteiger partial charge in [0.05, 0.1) is 0 Å². The Bertz CT molecular complexity index is 1660. The zero-order valence-corrected chi connectivity index (χ0v) is 29.8. The van der Waals surface area contributed by atoms with Gasteiger partial charge in [-0.1, -0.05) is 0 Å². The van der Waals surface area contributed by atoms with E-state index in [1.165, 1.54) is 16.7 Å². The quantitative estimate of drug-likeness (QED) is 0.201. The van der Waals surface area contributed by atoms with Crippen LogP contribution in [0.1, 0.15) is 105 Å². The molecule has 3 nitrogen and oxygen atoms in total. The summed E-state index contributed by atoms with van der Waals surface area (Å²) in [5.41, 5.74) is 7.46. The molecule has 4 rings (SSSR count). The second-order valence-electron chi connectivity index (χ2n) is 16.5. The van der Waals surface area contributed by atoms with Gasteiger partial charge in [0.25, 0.3) is 0 Å². The second-order valence-corrected chi connectivity index (χ2v) is 19.4. The molecule has 236 valence electrons. The molecule has 4 aromatic rings. The average molecular weight is 613 g/mol. The Morgan fingerprint density at radius 2 is 0.818 bits per heavy atom. The number of benzene rings is 4. The molecule has 0 aliphatic rings. The molecule has 0 saturated carbocycles. The van der Waals surface area contributed by atoms with Gasteiger partial charge in [0.1, 0.15) is 0 Å². The predicted molar refractivity (Wildman–Crippen MR) is 191 cm³/mol. The van der Waals surface area contributed by atoms with E-state index in [4.69, 9.17) is 0 Å². The molecule has 4 heteroatoms. The third-order valence-corrected chi connectivity index (χ3v) is 11.0. The first-order valence-electron chi connectivity index (χ1n) is 15.7. The van der Waals surface area contributed by atoms with Crippen LogP contribution in [-0.2, 0) is 21.7 Å². The Kier molecular flexibility index (Phi) is 8.45. The van der Waals surface area contributed by atoms with E-state index in [0.717, 1.165) is 22.3 Å². The molecule has 0 radical (unpaired) electrons. The number of hydrogen-bond donors (Lipinski definition) is 3. The summed E-state index contributed by atoms with van der Waals surface area (Å²) in [6, 6.07) is 26.9. The van der Waals surface area contributed by atoms with Crippen LogP contribution in [0.2, 0.25) is 0 Å².